The van der Waals surface area contributed by atoms with Gasteiger partial charge in [-0.15, -0.1) is 11.3 Å². The van der Waals surface area contributed by atoms with Crippen LogP contribution in [0.15, 0.2) is 5.38 Å². The number of unbranched alkanes of at least 4 members (excludes halogenated alkanes) is 1. The smallest absolute Gasteiger partial charge is 0.178 e. The molecule has 1 rings (SSSR count). The lowest BCUT2D eigenvalue weighted by molar-refractivity contribution is 0.101. The van der Waals surface area contributed by atoms with Gasteiger partial charge in [0.25, 0.3) is 0 Å². The van der Waals surface area contributed by atoms with E-state index in [1.807, 2.05) is 0 Å². The zero-order valence-corrected chi connectivity index (χ0v) is 9.30. The molecule has 1 unspecified atom stereocenters. The van der Waals surface area contributed by atoms with Gasteiger partial charge in [0, 0.05) is 12.3 Å². The van der Waals surface area contributed by atoms with Gasteiger partial charge in [-0.2, -0.15) is 0 Å². The van der Waals surface area contributed by atoms with Gasteiger partial charge in [0.05, 0.1) is 0 Å². The molecule has 0 saturated carbocycles. The van der Waals surface area contributed by atoms with Crippen LogP contribution in [0, 0.1) is 0 Å². The third-order valence-corrected chi connectivity index (χ3v) is 2.94. The number of hydrogen-bond acceptors (Lipinski definition) is 4. The first-order valence-electron chi connectivity index (χ1n) is 4.79. The Kier molecular flexibility index (Phi) is 4.22. The van der Waals surface area contributed by atoms with Crippen LogP contribution >= 0.6 is 11.3 Å². The number of rotatable bonds is 5. The molecule has 0 saturated heterocycles. The number of aliphatic hydroxyl groups excluding tert-OH is 1. The second-order valence-corrected chi connectivity index (χ2v) is 4.17. The number of ketones is 1. The summed E-state index contributed by atoms with van der Waals surface area (Å²) >= 11 is 1.35. The van der Waals surface area contributed by atoms with E-state index in [1.54, 1.807) is 5.38 Å². The van der Waals surface area contributed by atoms with Gasteiger partial charge in [0.2, 0.25) is 0 Å². The summed E-state index contributed by atoms with van der Waals surface area (Å²) in [5, 5.41) is 12.0. The molecule has 0 bridgehead atoms. The van der Waals surface area contributed by atoms with Crippen LogP contribution in [0.2, 0.25) is 0 Å². The van der Waals surface area contributed by atoms with Crippen molar-refractivity contribution in [3.8, 4) is 0 Å². The minimum atomic E-state index is -0.506. The second-order valence-electron chi connectivity index (χ2n) is 3.29. The molecule has 1 N–H and O–H groups in total. The van der Waals surface area contributed by atoms with E-state index in [4.69, 9.17) is 0 Å². The molecule has 1 heterocycles. The Morgan fingerprint density at radius 3 is 2.93 bits per heavy atom. The second kappa shape index (κ2) is 5.22. The molecule has 0 amide bonds. The minimum absolute atomic E-state index is 0.0461. The lowest BCUT2D eigenvalue weighted by atomic mass is 10.2. The summed E-state index contributed by atoms with van der Waals surface area (Å²) in [5.74, 6) is -0.0461. The molecular formula is C10H15NO2S. The minimum Gasteiger partial charge on any atom is -0.386 e. The van der Waals surface area contributed by atoms with E-state index >= 15 is 0 Å². The monoisotopic (exact) mass is 213 g/mol. The number of Topliss-reactive ketones (excluding diaryl/α,β-unsaturated/α-hetero) is 1. The largest absolute Gasteiger partial charge is 0.386 e. The maximum absolute atomic E-state index is 11.0. The van der Waals surface area contributed by atoms with Crippen LogP contribution in [0.1, 0.15) is 54.7 Å². The van der Waals surface area contributed by atoms with Crippen LogP contribution in [-0.4, -0.2) is 15.9 Å². The number of aromatic nitrogens is 1. The standard InChI is InChI=1S/C10H15NO2S/c1-3-4-5-9(13)10-11-8(6-14-10)7(2)12/h6,9,13H,3-5H2,1-2H3. The summed E-state index contributed by atoms with van der Waals surface area (Å²) in [6.07, 6.45) is 2.26. The number of thiazole rings is 1. The van der Waals surface area contributed by atoms with Crippen LogP contribution in [0.3, 0.4) is 0 Å². The lowest BCUT2D eigenvalue weighted by Crippen LogP contribution is -1.98. The highest BCUT2D eigenvalue weighted by atomic mass is 32.1. The fourth-order valence-corrected chi connectivity index (χ4v) is 2.00. The van der Waals surface area contributed by atoms with Crippen molar-refractivity contribution in [2.75, 3.05) is 0 Å². The Hall–Kier alpha value is -0.740. The van der Waals surface area contributed by atoms with E-state index in [2.05, 4.69) is 11.9 Å². The van der Waals surface area contributed by atoms with Crippen molar-refractivity contribution in [3.05, 3.63) is 16.1 Å². The lowest BCUT2D eigenvalue weighted by Gasteiger charge is -2.04. The number of aliphatic hydroxyl groups is 1. The van der Waals surface area contributed by atoms with Crippen LogP contribution in [-0.2, 0) is 0 Å². The highest BCUT2D eigenvalue weighted by Gasteiger charge is 2.13. The summed E-state index contributed by atoms with van der Waals surface area (Å²) in [7, 11) is 0. The summed E-state index contributed by atoms with van der Waals surface area (Å²) in [6.45, 7) is 3.56. The van der Waals surface area contributed by atoms with Crippen molar-refractivity contribution in [1.82, 2.24) is 4.98 Å². The number of carbonyl (C=O) groups is 1. The predicted molar refractivity (Wildman–Crippen MR) is 56.6 cm³/mol. The Labute approximate surface area is 87.8 Å². The SMILES string of the molecule is CCCCC(O)c1nc(C(C)=O)cs1. The molecule has 0 aromatic carbocycles. The Morgan fingerprint density at radius 2 is 2.43 bits per heavy atom. The van der Waals surface area contributed by atoms with E-state index in [-0.39, 0.29) is 5.78 Å². The molecule has 3 nitrogen and oxygen atoms in total. The number of hydrogen-bond donors (Lipinski definition) is 1. The molecule has 4 heteroatoms. The van der Waals surface area contributed by atoms with Gasteiger partial charge < -0.3 is 5.11 Å². The van der Waals surface area contributed by atoms with Gasteiger partial charge in [0.15, 0.2) is 5.78 Å². The van der Waals surface area contributed by atoms with Gasteiger partial charge in [-0.1, -0.05) is 19.8 Å². The molecule has 1 aromatic rings. The average molecular weight is 213 g/mol. The van der Waals surface area contributed by atoms with Crippen molar-refractivity contribution in [3.63, 3.8) is 0 Å². The molecular weight excluding hydrogens is 198 g/mol. The highest BCUT2D eigenvalue weighted by Crippen LogP contribution is 2.22. The van der Waals surface area contributed by atoms with Crippen LogP contribution < -0.4 is 0 Å². The van der Waals surface area contributed by atoms with Crippen molar-refractivity contribution < 1.29 is 9.90 Å². The molecule has 0 aliphatic carbocycles. The van der Waals surface area contributed by atoms with Crippen LogP contribution in [0.5, 0.6) is 0 Å². The molecule has 78 valence electrons. The maximum Gasteiger partial charge on any atom is 0.178 e. The fraction of sp³-hybridized carbons (Fsp3) is 0.600. The summed E-state index contributed by atoms with van der Waals surface area (Å²) in [4.78, 5) is 15.0. The first-order valence-corrected chi connectivity index (χ1v) is 5.67. The van der Waals surface area contributed by atoms with Crippen molar-refractivity contribution >= 4 is 17.1 Å². The zero-order valence-electron chi connectivity index (χ0n) is 8.49. The van der Waals surface area contributed by atoms with E-state index in [0.29, 0.717) is 10.7 Å². The van der Waals surface area contributed by atoms with Gasteiger partial charge in [-0.3, -0.25) is 4.79 Å². The molecule has 0 aliphatic rings. The van der Waals surface area contributed by atoms with E-state index in [0.717, 1.165) is 19.3 Å². The van der Waals surface area contributed by atoms with Crippen molar-refractivity contribution in [1.29, 1.82) is 0 Å². The van der Waals surface area contributed by atoms with Gasteiger partial charge in [-0.25, -0.2) is 4.98 Å². The predicted octanol–water partition coefficient (Wildman–Crippen LogP) is 2.57. The zero-order chi connectivity index (χ0) is 10.6. The number of carbonyl (C=O) groups excluding carboxylic acids is 1. The average Bonchev–Trinajstić information content (AvgIpc) is 2.62. The van der Waals surface area contributed by atoms with E-state index in [9.17, 15) is 9.90 Å². The molecule has 0 radical (unpaired) electrons. The quantitative estimate of drug-likeness (QED) is 0.765. The van der Waals surface area contributed by atoms with Crippen LogP contribution in [0.4, 0.5) is 0 Å². The van der Waals surface area contributed by atoms with Crippen molar-refractivity contribution in [2.45, 2.75) is 39.2 Å². The summed E-state index contributed by atoms with van der Waals surface area (Å²) in [6, 6.07) is 0. The molecule has 14 heavy (non-hydrogen) atoms. The van der Waals surface area contributed by atoms with E-state index in [1.165, 1.54) is 18.3 Å². The van der Waals surface area contributed by atoms with Gasteiger partial charge >= 0.3 is 0 Å². The fourth-order valence-electron chi connectivity index (χ4n) is 1.12. The Morgan fingerprint density at radius 1 is 1.71 bits per heavy atom. The topological polar surface area (TPSA) is 50.2 Å². The molecule has 0 fully saturated rings. The summed E-state index contributed by atoms with van der Waals surface area (Å²) in [5.41, 5.74) is 0.459. The highest BCUT2D eigenvalue weighted by molar-refractivity contribution is 7.09. The van der Waals surface area contributed by atoms with Gasteiger partial charge in [-0.05, 0) is 6.42 Å². The first-order chi connectivity index (χ1) is 6.65. The molecule has 0 spiro atoms. The molecule has 1 aromatic heterocycles. The third kappa shape index (κ3) is 2.89. The normalized spacial score (nSPS) is 12.8. The summed E-state index contributed by atoms with van der Waals surface area (Å²) < 4.78 is 0. The molecule has 0 aliphatic heterocycles. The van der Waals surface area contributed by atoms with Crippen LogP contribution in [0.25, 0.3) is 0 Å². The third-order valence-electron chi connectivity index (χ3n) is 2.00. The Balaban J connectivity index is 2.61. The van der Waals surface area contributed by atoms with E-state index < -0.39 is 6.10 Å². The Bertz CT molecular complexity index is 309. The molecule has 1 atom stereocenters. The maximum atomic E-state index is 11.0. The number of nitrogens with zero attached hydrogens (tertiary/aromatic N) is 1. The first kappa shape index (κ1) is 11.3. The van der Waals surface area contributed by atoms with Gasteiger partial charge in [0.1, 0.15) is 16.8 Å². The van der Waals surface area contributed by atoms with Crippen molar-refractivity contribution in [2.24, 2.45) is 0 Å².